The zero-order chi connectivity index (χ0) is 22.4. The van der Waals surface area contributed by atoms with Crippen molar-refractivity contribution in [3.8, 4) is 0 Å². The van der Waals surface area contributed by atoms with E-state index in [1.165, 1.54) is 10.4 Å². The zero-order valence-corrected chi connectivity index (χ0v) is 18.5. The molecule has 0 aromatic heterocycles. The highest BCUT2D eigenvalue weighted by atomic mass is 32.2. The summed E-state index contributed by atoms with van der Waals surface area (Å²) < 4.78 is 41.2. The predicted octanol–water partition coefficient (Wildman–Crippen LogP) is 1.32. The fourth-order valence-corrected chi connectivity index (χ4v) is 5.79. The molecule has 2 aliphatic heterocycles. The molecule has 2 heterocycles. The minimum atomic E-state index is -3.97. The fourth-order valence-electron chi connectivity index (χ4n) is 4.18. The van der Waals surface area contributed by atoms with Gasteiger partial charge in [-0.05, 0) is 63.4 Å². The molecule has 2 amide bonds. The topological polar surface area (TPSA) is 113 Å². The van der Waals surface area contributed by atoms with Gasteiger partial charge < -0.3 is 16.0 Å². The monoisotopic (exact) mass is 454 g/mol. The number of primary amides is 1. The molecule has 0 saturated carbocycles. The zero-order valence-electron chi connectivity index (χ0n) is 17.7. The van der Waals surface area contributed by atoms with Gasteiger partial charge in [-0.15, -0.1) is 0 Å². The Kier molecular flexibility index (Phi) is 8.01. The van der Waals surface area contributed by atoms with Crippen LogP contribution in [-0.2, 0) is 14.8 Å². The number of hydrogen-bond donors (Lipinski definition) is 2. The van der Waals surface area contributed by atoms with Crippen molar-refractivity contribution in [3.63, 3.8) is 0 Å². The molecule has 2 saturated heterocycles. The largest absolute Gasteiger partial charge is 0.369 e. The van der Waals surface area contributed by atoms with E-state index in [1.807, 2.05) is 0 Å². The van der Waals surface area contributed by atoms with Crippen LogP contribution < -0.4 is 11.1 Å². The number of carbonyl (C=O) groups excluding carboxylic acids is 2. The number of carbonyl (C=O) groups is 2. The average molecular weight is 455 g/mol. The molecule has 1 unspecified atom stereocenters. The molecule has 1 aromatic rings. The molecule has 10 heteroatoms. The molecule has 0 spiro atoms. The summed E-state index contributed by atoms with van der Waals surface area (Å²) in [5.74, 6) is -1.69. The first kappa shape index (κ1) is 23.6. The molecular formula is C21H31FN4O4S. The first-order chi connectivity index (χ1) is 14.8. The summed E-state index contributed by atoms with van der Waals surface area (Å²) in [6.07, 6.45) is 4.87. The van der Waals surface area contributed by atoms with Crippen LogP contribution in [0.25, 0.3) is 0 Å². The lowest BCUT2D eigenvalue weighted by Crippen LogP contribution is -2.42. The van der Waals surface area contributed by atoms with E-state index in [4.69, 9.17) is 5.73 Å². The van der Waals surface area contributed by atoms with Crippen molar-refractivity contribution < 1.29 is 22.4 Å². The third-order valence-corrected chi connectivity index (χ3v) is 7.88. The van der Waals surface area contributed by atoms with Gasteiger partial charge in [0.1, 0.15) is 10.7 Å². The SMILES string of the molecule is NC(=O)C1CCCN(CCCNC(=O)c2ccc(F)c(S(=O)(=O)N3CCCCC3)c2)C1. The van der Waals surface area contributed by atoms with E-state index in [-0.39, 0.29) is 17.4 Å². The highest BCUT2D eigenvalue weighted by Crippen LogP contribution is 2.24. The normalized spacial score (nSPS) is 21.0. The van der Waals surface area contributed by atoms with Crippen molar-refractivity contribution in [2.45, 2.75) is 43.4 Å². The molecule has 1 atom stereocenters. The number of rotatable bonds is 8. The van der Waals surface area contributed by atoms with E-state index in [1.54, 1.807) is 0 Å². The van der Waals surface area contributed by atoms with Gasteiger partial charge >= 0.3 is 0 Å². The van der Waals surface area contributed by atoms with Crippen molar-refractivity contribution in [3.05, 3.63) is 29.6 Å². The Hall–Kier alpha value is -2.04. The Morgan fingerprint density at radius 1 is 1.13 bits per heavy atom. The number of amides is 2. The maximum Gasteiger partial charge on any atom is 0.251 e. The van der Waals surface area contributed by atoms with Crippen molar-refractivity contribution in [1.82, 2.24) is 14.5 Å². The number of nitrogens with one attached hydrogen (secondary N) is 1. The summed E-state index contributed by atoms with van der Waals surface area (Å²) in [6.45, 7) is 3.38. The van der Waals surface area contributed by atoms with Crippen LogP contribution in [0.2, 0.25) is 0 Å². The maximum atomic E-state index is 14.3. The lowest BCUT2D eigenvalue weighted by atomic mass is 9.97. The minimum Gasteiger partial charge on any atom is -0.369 e. The van der Waals surface area contributed by atoms with Gasteiger partial charge in [-0.25, -0.2) is 12.8 Å². The van der Waals surface area contributed by atoms with Crippen LogP contribution in [0.4, 0.5) is 4.39 Å². The van der Waals surface area contributed by atoms with Gasteiger partial charge in [0.2, 0.25) is 15.9 Å². The number of hydrogen-bond acceptors (Lipinski definition) is 5. The van der Waals surface area contributed by atoms with Crippen LogP contribution in [0.15, 0.2) is 23.1 Å². The highest BCUT2D eigenvalue weighted by Gasteiger charge is 2.29. The smallest absolute Gasteiger partial charge is 0.251 e. The second kappa shape index (κ2) is 10.5. The van der Waals surface area contributed by atoms with E-state index in [0.717, 1.165) is 57.3 Å². The molecule has 2 aliphatic rings. The predicted molar refractivity (Wildman–Crippen MR) is 114 cm³/mol. The van der Waals surface area contributed by atoms with Crippen molar-refractivity contribution in [2.75, 3.05) is 39.3 Å². The van der Waals surface area contributed by atoms with E-state index in [2.05, 4.69) is 10.2 Å². The van der Waals surface area contributed by atoms with Gasteiger partial charge in [-0.3, -0.25) is 9.59 Å². The van der Waals surface area contributed by atoms with E-state index in [9.17, 15) is 22.4 Å². The summed E-state index contributed by atoms with van der Waals surface area (Å²) in [7, 11) is -3.97. The van der Waals surface area contributed by atoms with E-state index >= 15 is 0 Å². The second-order valence-corrected chi connectivity index (χ2v) is 10.2. The molecule has 0 radical (unpaired) electrons. The number of nitrogens with two attached hydrogens (primary N) is 1. The maximum absolute atomic E-state index is 14.3. The molecule has 0 aliphatic carbocycles. The third-order valence-electron chi connectivity index (χ3n) is 5.97. The standard InChI is InChI=1S/C21H31FN4O4S/c22-18-8-7-16(14-19(18)31(29,30)26-12-2-1-3-13-26)21(28)24-9-5-11-25-10-4-6-17(15-25)20(23)27/h7-8,14,17H,1-6,9-13,15H2,(H2,23,27)(H,24,28). The first-order valence-corrected chi connectivity index (χ1v) is 12.3. The van der Waals surface area contributed by atoms with Gasteiger partial charge in [0, 0.05) is 31.7 Å². The Morgan fingerprint density at radius 3 is 2.58 bits per heavy atom. The van der Waals surface area contributed by atoms with Crippen LogP contribution in [-0.4, -0.2) is 68.7 Å². The number of halogens is 1. The van der Waals surface area contributed by atoms with E-state index in [0.29, 0.717) is 32.6 Å². The summed E-state index contributed by atoms with van der Waals surface area (Å²) in [6, 6.07) is 3.45. The minimum absolute atomic E-state index is 0.115. The number of sulfonamides is 1. The van der Waals surface area contributed by atoms with Crippen molar-refractivity contribution in [1.29, 1.82) is 0 Å². The number of piperidine rings is 2. The Labute approximate surface area is 183 Å². The summed E-state index contributed by atoms with van der Waals surface area (Å²) in [4.78, 5) is 25.6. The third kappa shape index (κ3) is 6.02. The van der Waals surface area contributed by atoms with Crippen molar-refractivity contribution >= 4 is 21.8 Å². The molecule has 0 bridgehead atoms. The molecule has 3 N–H and O–H groups in total. The first-order valence-electron chi connectivity index (χ1n) is 10.9. The van der Waals surface area contributed by atoms with E-state index < -0.39 is 26.6 Å². The number of nitrogens with zero attached hydrogens (tertiary/aromatic N) is 2. The van der Waals surface area contributed by atoms with Gasteiger partial charge in [0.15, 0.2) is 0 Å². The summed E-state index contributed by atoms with van der Waals surface area (Å²) in [5, 5.41) is 2.76. The summed E-state index contributed by atoms with van der Waals surface area (Å²) >= 11 is 0. The Bertz CT molecular complexity index is 903. The van der Waals surface area contributed by atoms with Gasteiger partial charge in [-0.1, -0.05) is 6.42 Å². The molecule has 1 aromatic carbocycles. The Balaban J connectivity index is 1.55. The van der Waals surface area contributed by atoms with Crippen LogP contribution in [0, 0.1) is 11.7 Å². The van der Waals surface area contributed by atoms with Crippen LogP contribution in [0.1, 0.15) is 48.9 Å². The van der Waals surface area contributed by atoms with Crippen LogP contribution in [0.3, 0.4) is 0 Å². The average Bonchev–Trinajstić information content (AvgIpc) is 2.77. The lowest BCUT2D eigenvalue weighted by Gasteiger charge is -2.31. The fraction of sp³-hybridized carbons (Fsp3) is 0.619. The molecule has 3 rings (SSSR count). The number of likely N-dealkylation sites (tertiary alicyclic amines) is 1. The van der Waals surface area contributed by atoms with Gasteiger partial charge in [-0.2, -0.15) is 4.31 Å². The quantitative estimate of drug-likeness (QED) is 0.575. The molecule has 31 heavy (non-hydrogen) atoms. The van der Waals surface area contributed by atoms with Crippen molar-refractivity contribution in [2.24, 2.45) is 11.7 Å². The lowest BCUT2D eigenvalue weighted by molar-refractivity contribution is -0.123. The molecule has 8 nitrogen and oxygen atoms in total. The van der Waals surface area contributed by atoms with Crippen LogP contribution >= 0.6 is 0 Å². The second-order valence-electron chi connectivity index (χ2n) is 8.26. The summed E-state index contributed by atoms with van der Waals surface area (Å²) in [5.41, 5.74) is 5.51. The Morgan fingerprint density at radius 2 is 1.87 bits per heavy atom. The van der Waals surface area contributed by atoms with Gasteiger partial charge in [0.25, 0.3) is 5.91 Å². The van der Waals surface area contributed by atoms with Crippen LogP contribution in [0.5, 0.6) is 0 Å². The molecule has 2 fully saturated rings. The number of benzene rings is 1. The highest BCUT2D eigenvalue weighted by molar-refractivity contribution is 7.89. The molecular weight excluding hydrogens is 423 g/mol. The molecule has 172 valence electrons. The van der Waals surface area contributed by atoms with Gasteiger partial charge in [0.05, 0.1) is 5.92 Å².